The monoisotopic (exact) mass is 1450 g/mol. The maximum absolute atomic E-state index is 13.1. The summed E-state index contributed by atoms with van der Waals surface area (Å²) in [7, 11) is -9.92. The standard InChI is InChI=1S/C80H156O17P2/c1-9-73(8)59-51-43-38-39-45-53-61-78(83)91-67-76(97-80(85)63-55-47-37-31-23-19-18-21-27-33-41-49-57-71(4)5)69-95-99(88,89)93-65-74(81)64-92-98(86,87)94-68-75(66-90-77(82)60-52-44-35-29-25-24-28-34-42-50-58-72(6)7)96-79(84)62-54-46-36-30-22-17-15-13-11-10-12-14-16-20-26-32-40-48-56-70(2)3/h70-76,81H,9-69H2,1-8H3,(H,86,87)(H,88,89)/t73?,74-,75-,76-/m1/s1. The van der Waals surface area contributed by atoms with Crippen LogP contribution in [0.25, 0.3) is 0 Å². The number of phosphoric ester groups is 2. The number of rotatable bonds is 77. The molecule has 0 saturated carbocycles. The third-order valence-electron chi connectivity index (χ3n) is 18.9. The van der Waals surface area contributed by atoms with Crippen LogP contribution in [0.3, 0.4) is 0 Å². The Morgan fingerprint density at radius 1 is 0.283 bits per heavy atom. The van der Waals surface area contributed by atoms with Crippen molar-refractivity contribution in [3.05, 3.63) is 0 Å². The molecule has 0 aromatic heterocycles. The van der Waals surface area contributed by atoms with Gasteiger partial charge in [0, 0.05) is 25.7 Å². The van der Waals surface area contributed by atoms with Gasteiger partial charge < -0.3 is 33.8 Å². The van der Waals surface area contributed by atoms with Crippen LogP contribution >= 0.6 is 15.6 Å². The first-order valence-corrected chi connectivity index (χ1v) is 44.2. The molecule has 3 unspecified atom stereocenters. The summed E-state index contributed by atoms with van der Waals surface area (Å²) >= 11 is 0. The van der Waals surface area contributed by atoms with Gasteiger partial charge in [0.1, 0.15) is 19.3 Å². The van der Waals surface area contributed by atoms with Crippen LogP contribution in [0.15, 0.2) is 0 Å². The van der Waals surface area contributed by atoms with Gasteiger partial charge in [-0.25, -0.2) is 9.13 Å². The van der Waals surface area contributed by atoms with Gasteiger partial charge in [0.2, 0.25) is 0 Å². The second kappa shape index (κ2) is 69.1. The fraction of sp³-hybridized carbons (Fsp3) is 0.950. The van der Waals surface area contributed by atoms with Crippen LogP contribution in [0.4, 0.5) is 0 Å². The Morgan fingerprint density at radius 2 is 0.485 bits per heavy atom. The maximum atomic E-state index is 13.1. The van der Waals surface area contributed by atoms with Gasteiger partial charge in [0.25, 0.3) is 0 Å². The fourth-order valence-electron chi connectivity index (χ4n) is 12.2. The van der Waals surface area contributed by atoms with Crippen LogP contribution in [0, 0.1) is 23.7 Å². The molecule has 0 radical (unpaired) electrons. The summed E-state index contributed by atoms with van der Waals surface area (Å²) in [6.45, 7) is 14.2. The summed E-state index contributed by atoms with van der Waals surface area (Å²) < 4.78 is 68.7. The summed E-state index contributed by atoms with van der Waals surface area (Å²) in [6.07, 6.45) is 55.6. The first-order valence-electron chi connectivity index (χ1n) is 41.2. The number of carbonyl (C=O) groups is 4. The third kappa shape index (κ3) is 72.8. The zero-order chi connectivity index (χ0) is 73.1. The highest BCUT2D eigenvalue weighted by Crippen LogP contribution is 2.45. The Hall–Kier alpha value is -1.94. The minimum Gasteiger partial charge on any atom is -0.462 e. The second-order valence-corrected chi connectivity index (χ2v) is 33.4. The van der Waals surface area contributed by atoms with Crippen molar-refractivity contribution < 1.29 is 80.2 Å². The minimum absolute atomic E-state index is 0.106. The Balaban J connectivity index is 5.22. The van der Waals surface area contributed by atoms with Crippen molar-refractivity contribution >= 4 is 39.5 Å². The van der Waals surface area contributed by atoms with Crippen LogP contribution in [0.1, 0.15) is 409 Å². The molecule has 0 aromatic rings. The second-order valence-electron chi connectivity index (χ2n) is 30.5. The van der Waals surface area contributed by atoms with Crippen LogP contribution in [0.5, 0.6) is 0 Å². The largest absolute Gasteiger partial charge is 0.472 e. The van der Waals surface area contributed by atoms with Crippen molar-refractivity contribution in [1.29, 1.82) is 0 Å². The van der Waals surface area contributed by atoms with E-state index in [1.54, 1.807) is 0 Å². The first kappa shape index (κ1) is 97.1. The molecule has 0 heterocycles. The molecular formula is C80H156O17P2. The van der Waals surface area contributed by atoms with E-state index in [0.717, 1.165) is 120 Å². The van der Waals surface area contributed by atoms with E-state index in [1.165, 1.54) is 205 Å². The number of hydrogen-bond donors (Lipinski definition) is 3. The smallest absolute Gasteiger partial charge is 0.462 e. The van der Waals surface area contributed by atoms with Crippen LogP contribution in [-0.4, -0.2) is 96.7 Å². The molecule has 0 bridgehead atoms. The molecule has 0 aliphatic heterocycles. The highest BCUT2D eigenvalue weighted by atomic mass is 31.2. The molecule has 19 heteroatoms. The van der Waals surface area contributed by atoms with E-state index in [-0.39, 0.29) is 25.7 Å². The molecule has 0 aliphatic rings. The summed E-state index contributed by atoms with van der Waals surface area (Å²) in [5.41, 5.74) is 0. The van der Waals surface area contributed by atoms with E-state index in [0.29, 0.717) is 25.7 Å². The lowest BCUT2D eigenvalue weighted by Crippen LogP contribution is -2.30. The number of unbranched alkanes of at least 4 members (excludes halogenated alkanes) is 42. The highest BCUT2D eigenvalue weighted by molar-refractivity contribution is 7.47. The Labute approximate surface area is 607 Å². The van der Waals surface area contributed by atoms with Crippen molar-refractivity contribution in [1.82, 2.24) is 0 Å². The quantitative estimate of drug-likeness (QED) is 0.0222. The lowest BCUT2D eigenvalue weighted by Gasteiger charge is -2.21. The lowest BCUT2D eigenvalue weighted by molar-refractivity contribution is -0.161. The van der Waals surface area contributed by atoms with Gasteiger partial charge in [-0.05, 0) is 49.4 Å². The van der Waals surface area contributed by atoms with E-state index in [1.807, 2.05) is 0 Å². The van der Waals surface area contributed by atoms with Gasteiger partial charge in [0.15, 0.2) is 12.2 Å². The van der Waals surface area contributed by atoms with Crippen molar-refractivity contribution in [3.8, 4) is 0 Å². The van der Waals surface area contributed by atoms with Crippen molar-refractivity contribution in [2.45, 2.75) is 427 Å². The molecule has 0 amide bonds. The van der Waals surface area contributed by atoms with Gasteiger partial charge in [-0.15, -0.1) is 0 Å². The average Bonchev–Trinajstić information content (AvgIpc) is 1.01. The Kier molecular flexibility index (Phi) is 67.8. The predicted octanol–water partition coefficient (Wildman–Crippen LogP) is 23.6. The number of ether oxygens (including phenoxy) is 4. The average molecular weight is 1450 g/mol. The molecule has 0 fully saturated rings. The molecule has 0 aromatic carbocycles. The molecule has 0 rings (SSSR count). The molecular weight excluding hydrogens is 1290 g/mol. The normalized spacial score (nSPS) is 14.3. The number of esters is 4. The number of carbonyl (C=O) groups excluding carboxylic acids is 4. The Morgan fingerprint density at radius 3 is 0.717 bits per heavy atom. The molecule has 99 heavy (non-hydrogen) atoms. The topological polar surface area (TPSA) is 237 Å². The van der Waals surface area contributed by atoms with Crippen LogP contribution in [-0.2, 0) is 65.4 Å². The number of aliphatic hydroxyl groups is 1. The maximum Gasteiger partial charge on any atom is 0.472 e. The number of aliphatic hydroxyl groups excluding tert-OH is 1. The van der Waals surface area contributed by atoms with Crippen molar-refractivity contribution in [3.63, 3.8) is 0 Å². The van der Waals surface area contributed by atoms with E-state index in [4.69, 9.17) is 37.0 Å². The molecule has 3 N–H and O–H groups in total. The van der Waals surface area contributed by atoms with Gasteiger partial charge >= 0.3 is 39.5 Å². The fourth-order valence-corrected chi connectivity index (χ4v) is 13.8. The summed E-state index contributed by atoms with van der Waals surface area (Å²) in [4.78, 5) is 73.0. The van der Waals surface area contributed by atoms with E-state index >= 15 is 0 Å². The number of hydrogen-bond acceptors (Lipinski definition) is 15. The molecule has 0 saturated heterocycles. The molecule has 0 aliphatic carbocycles. The van der Waals surface area contributed by atoms with Gasteiger partial charge in [-0.2, -0.15) is 0 Å². The zero-order valence-electron chi connectivity index (χ0n) is 65.1. The molecule has 588 valence electrons. The van der Waals surface area contributed by atoms with E-state index in [9.17, 15) is 43.2 Å². The Bertz CT molecular complexity index is 1940. The summed E-state index contributed by atoms with van der Waals surface area (Å²) in [5, 5.41) is 10.6. The van der Waals surface area contributed by atoms with E-state index < -0.39 is 97.5 Å². The first-order chi connectivity index (χ1) is 47.6. The van der Waals surface area contributed by atoms with Gasteiger partial charge in [-0.3, -0.25) is 37.3 Å². The summed E-state index contributed by atoms with van der Waals surface area (Å²) in [5.74, 6) is 0.970. The predicted molar refractivity (Wildman–Crippen MR) is 404 cm³/mol. The minimum atomic E-state index is -4.96. The third-order valence-corrected chi connectivity index (χ3v) is 20.8. The van der Waals surface area contributed by atoms with Crippen LogP contribution in [0.2, 0.25) is 0 Å². The zero-order valence-corrected chi connectivity index (χ0v) is 66.9. The SMILES string of the molecule is CCC(C)CCCCCCCCC(=O)OC[C@H](COP(=O)(O)OC[C@H](O)COP(=O)(O)OC[C@@H](COC(=O)CCCCCCCCCCCCC(C)C)OC(=O)CCCCCCCCCCCCCCCCCCCCC(C)C)OC(=O)CCCCCCCCCCCCCCC(C)C. The summed E-state index contributed by atoms with van der Waals surface area (Å²) in [6, 6.07) is 0. The molecule has 17 nitrogen and oxygen atoms in total. The van der Waals surface area contributed by atoms with Gasteiger partial charge in [-0.1, -0.05) is 357 Å². The van der Waals surface area contributed by atoms with E-state index in [2.05, 4.69) is 55.4 Å². The molecule has 6 atom stereocenters. The van der Waals surface area contributed by atoms with Crippen molar-refractivity contribution in [2.75, 3.05) is 39.6 Å². The van der Waals surface area contributed by atoms with Gasteiger partial charge in [0.05, 0.1) is 26.4 Å². The molecule has 0 spiro atoms. The lowest BCUT2D eigenvalue weighted by atomic mass is 10.00. The van der Waals surface area contributed by atoms with Crippen LogP contribution < -0.4 is 0 Å². The number of phosphoric acid groups is 2. The van der Waals surface area contributed by atoms with Crippen molar-refractivity contribution in [2.24, 2.45) is 23.7 Å². The highest BCUT2D eigenvalue weighted by Gasteiger charge is 2.30.